The van der Waals surface area contributed by atoms with Crippen LogP contribution in [0.1, 0.15) is 34.1 Å². The topological polar surface area (TPSA) is 59.0 Å². The minimum absolute atomic E-state index is 0.0724. The molecule has 4 aromatic rings. The molecule has 4 rings (SSSR count). The van der Waals surface area contributed by atoms with Gasteiger partial charge in [0.1, 0.15) is 0 Å². The number of anilines is 1. The summed E-state index contributed by atoms with van der Waals surface area (Å²) in [7, 11) is 0. The molecule has 5 nitrogen and oxygen atoms in total. The lowest BCUT2D eigenvalue weighted by Crippen LogP contribution is -2.32. The number of rotatable bonds is 7. The Kier molecular flexibility index (Phi) is 6.47. The van der Waals surface area contributed by atoms with E-state index in [0.29, 0.717) is 0 Å². The molecule has 0 spiro atoms. The van der Waals surface area contributed by atoms with E-state index >= 15 is 0 Å². The second-order valence-corrected chi connectivity index (χ2v) is 7.98. The van der Waals surface area contributed by atoms with Gasteiger partial charge < -0.3 is 5.32 Å². The first-order valence-electron chi connectivity index (χ1n) is 10.8. The molecule has 32 heavy (non-hydrogen) atoms. The maximum atomic E-state index is 12.9. The van der Waals surface area contributed by atoms with E-state index in [1.165, 1.54) is 5.56 Å². The van der Waals surface area contributed by atoms with Crippen LogP contribution in [0.15, 0.2) is 84.9 Å². The van der Waals surface area contributed by atoms with E-state index in [0.717, 1.165) is 33.9 Å². The van der Waals surface area contributed by atoms with Crippen molar-refractivity contribution in [3.8, 4) is 5.69 Å². The summed E-state index contributed by atoms with van der Waals surface area (Å²) < 4.78 is 1.86. The highest BCUT2D eigenvalue weighted by Crippen LogP contribution is 2.24. The summed E-state index contributed by atoms with van der Waals surface area (Å²) in [4.78, 5) is 12.9. The van der Waals surface area contributed by atoms with Crippen LogP contribution < -0.4 is 10.6 Å². The van der Waals surface area contributed by atoms with Gasteiger partial charge >= 0.3 is 0 Å². The second kappa shape index (κ2) is 9.62. The van der Waals surface area contributed by atoms with Gasteiger partial charge in [-0.2, -0.15) is 5.10 Å². The van der Waals surface area contributed by atoms with Gasteiger partial charge in [0.15, 0.2) is 0 Å². The molecule has 0 saturated carbocycles. The number of nitrogens with one attached hydrogen (secondary N) is 2. The van der Waals surface area contributed by atoms with E-state index in [1.807, 2.05) is 67.1 Å². The minimum atomic E-state index is -0.100. The van der Waals surface area contributed by atoms with Gasteiger partial charge in [-0.15, -0.1) is 0 Å². The standard InChI is InChI=1S/C27H28N4O/c1-19-14-16-23(17-15-19)27(22-10-6-4-7-11-22)28-18-25(32)29-26-20(2)30-31(21(26)3)24-12-8-5-9-13-24/h4-17,27-28H,18H2,1-3H3,(H,29,32)/t27-/m0/s1. The van der Waals surface area contributed by atoms with Crippen LogP contribution in [0, 0.1) is 20.8 Å². The summed E-state index contributed by atoms with van der Waals surface area (Å²) >= 11 is 0. The van der Waals surface area contributed by atoms with Crippen LogP contribution in [0.5, 0.6) is 0 Å². The van der Waals surface area contributed by atoms with E-state index in [1.54, 1.807) is 0 Å². The number of aryl methyl sites for hydroxylation is 2. The predicted molar refractivity (Wildman–Crippen MR) is 129 cm³/mol. The third kappa shape index (κ3) is 4.79. The molecule has 0 bridgehead atoms. The largest absolute Gasteiger partial charge is 0.322 e. The fraction of sp³-hybridized carbons (Fsp3) is 0.185. The van der Waals surface area contributed by atoms with Crippen LogP contribution in [0.4, 0.5) is 5.69 Å². The number of aromatic nitrogens is 2. The summed E-state index contributed by atoms with van der Waals surface area (Å²) in [5.41, 5.74) is 6.87. The Labute approximate surface area is 189 Å². The van der Waals surface area contributed by atoms with Gasteiger partial charge in [-0.25, -0.2) is 4.68 Å². The predicted octanol–water partition coefficient (Wildman–Crippen LogP) is 5.12. The van der Waals surface area contributed by atoms with Crippen molar-refractivity contribution in [2.24, 2.45) is 0 Å². The Bertz CT molecular complexity index is 1180. The number of hydrogen-bond donors (Lipinski definition) is 2. The molecule has 0 unspecified atom stereocenters. The minimum Gasteiger partial charge on any atom is -0.322 e. The average Bonchev–Trinajstić information content (AvgIpc) is 3.10. The number of benzene rings is 3. The van der Waals surface area contributed by atoms with Crippen molar-refractivity contribution in [1.29, 1.82) is 0 Å². The number of carbonyl (C=O) groups is 1. The van der Waals surface area contributed by atoms with Crippen molar-refractivity contribution in [2.45, 2.75) is 26.8 Å². The van der Waals surface area contributed by atoms with Crippen LogP contribution in [0.25, 0.3) is 5.69 Å². The molecule has 1 heterocycles. The van der Waals surface area contributed by atoms with E-state index in [4.69, 9.17) is 0 Å². The van der Waals surface area contributed by atoms with Gasteiger partial charge in [-0.05, 0) is 44.0 Å². The monoisotopic (exact) mass is 424 g/mol. The molecular formula is C27H28N4O. The maximum Gasteiger partial charge on any atom is 0.238 e. The summed E-state index contributed by atoms with van der Waals surface area (Å²) in [5.74, 6) is -0.100. The van der Waals surface area contributed by atoms with E-state index in [2.05, 4.69) is 59.1 Å². The van der Waals surface area contributed by atoms with Gasteiger partial charge in [0.25, 0.3) is 0 Å². The molecule has 0 aliphatic heterocycles. The third-order valence-electron chi connectivity index (χ3n) is 5.57. The molecule has 0 aliphatic rings. The third-order valence-corrected chi connectivity index (χ3v) is 5.57. The molecule has 162 valence electrons. The van der Waals surface area contributed by atoms with Gasteiger partial charge in [0, 0.05) is 0 Å². The van der Waals surface area contributed by atoms with E-state index in [-0.39, 0.29) is 18.5 Å². The number of carbonyl (C=O) groups excluding carboxylic acids is 1. The molecule has 5 heteroatoms. The van der Waals surface area contributed by atoms with Crippen molar-refractivity contribution in [3.05, 3.63) is 113 Å². The van der Waals surface area contributed by atoms with Crippen LogP contribution in [-0.2, 0) is 4.79 Å². The first-order chi connectivity index (χ1) is 15.5. The SMILES string of the molecule is Cc1ccc([C@@H](NCC(=O)Nc2c(C)nn(-c3ccccc3)c2C)c2ccccc2)cc1. The first-order valence-corrected chi connectivity index (χ1v) is 10.8. The van der Waals surface area contributed by atoms with Crippen molar-refractivity contribution < 1.29 is 4.79 Å². The smallest absolute Gasteiger partial charge is 0.238 e. The molecule has 0 radical (unpaired) electrons. The van der Waals surface area contributed by atoms with Crippen molar-refractivity contribution in [1.82, 2.24) is 15.1 Å². The Morgan fingerprint density at radius 2 is 1.44 bits per heavy atom. The summed E-state index contributed by atoms with van der Waals surface area (Å²) in [6.07, 6.45) is 0. The van der Waals surface area contributed by atoms with Crippen LogP contribution >= 0.6 is 0 Å². The molecule has 2 N–H and O–H groups in total. The first kappa shape index (κ1) is 21.5. The molecule has 0 fully saturated rings. The van der Waals surface area contributed by atoms with Gasteiger partial charge in [0.05, 0.1) is 35.3 Å². The number of para-hydroxylation sites is 1. The van der Waals surface area contributed by atoms with Crippen molar-refractivity contribution >= 4 is 11.6 Å². The molecule has 1 atom stereocenters. The van der Waals surface area contributed by atoms with E-state index in [9.17, 15) is 4.79 Å². The molecule has 3 aromatic carbocycles. The Balaban J connectivity index is 1.50. The summed E-state index contributed by atoms with van der Waals surface area (Å²) in [6, 6.07) is 28.4. The lowest BCUT2D eigenvalue weighted by atomic mass is 9.98. The van der Waals surface area contributed by atoms with Crippen LogP contribution in [-0.4, -0.2) is 22.2 Å². The van der Waals surface area contributed by atoms with Gasteiger partial charge in [0.2, 0.25) is 5.91 Å². The second-order valence-electron chi connectivity index (χ2n) is 7.98. The van der Waals surface area contributed by atoms with Gasteiger partial charge in [-0.1, -0.05) is 78.4 Å². The quantitative estimate of drug-likeness (QED) is 0.433. The lowest BCUT2D eigenvalue weighted by molar-refractivity contribution is -0.115. The normalized spacial score (nSPS) is 11.8. The lowest BCUT2D eigenvalue weighted by Gasteiger charge is -2.20. The average molecular weight is 425 g/mol. The molecule has 1 amide bonds. The van der Waals surface area contributed by atoms with Crippen molar-refractivity contribution in [2.75, 3.05) is 11.9 Å². The molecular weight excluding hydrogens is 396 g/mol. The van der Waals surface area contributed by atoms with Crippen LogP contribution in [0.2, 0.25) is 0 Å². The Hall–Kier alpha value is -3.70. The molecule has 0 aliphatic carbocycles. The number of nitrogens with zero attached hydrogens (tertiary/aromatic N) is 2. The zero-order chi connectivity index (χ0) is 22.5. The summed E-state index contributed by atoms with van der Waals surface area (Å²) in [6.45, 7) is 6.13. The molecule has 0 saturated heterocycles. The van der Waals surface area contributed by atoms with Crippen LogP contribution in [0.3, 0.4) is 0 Å². The number of amides is 1. The Morgan fingerprint density at radius 3 is 2.09 bits per heavy atom. The Morgan fingerprint density at radius 1 is 0.844 bits per heavy atom. The molecule has 1 aromatic heterocycles. The van der Waals surface area contributed by atoms with E-state index < -0.39 is 0 Å². The highest BCUT2D eigenvalue weighted by atomic mass is 16.1. The maximum absolute atomic E-state index is 12.9. The number of hydrogen-bond acceptors (Lipinski definition) is 3. The zero-order valence-corrected chi connectivity index (χ0v) is 18.7. The van der Waals surface area contributed by atoms with Gasteiger partial charge in [-0.3, -0.25) is 10.1 Å². The highest BCUT2D eigenvalue weighted by molar-refractivity contribution is 5.93. The fourth-order valence-corrected chi connectivity index (χ4v) is 3.86. The zero-order valence-electron chi connectivity index (χ0n) is 18.7. The summed E-state index contributed by atoms with van der Waals surface area (Å²) in [5, 5.41) is 11.1. The van der Waals surface area contributed by atoms with Crippen molar-refractivity contribution in [3.63, 3.8) is 0 Å². The highest BCUT2D eigenvalue weighted by Gasteiger charge is 2.18. The fourth-order valence-electron chi connectivity index (χ4n) is 3.86.